The molecule has 0 aliphatic carbocycles. The van der Waals surface area contributed by atoms with Gasteiger partial charge in [0.1, 0.15) is 6.54 Å². The summed E-state index contributed by atoms with van der Waals surface area (Å²) in [6, 6.07) is 18.8. The maximum atomic E-state index is 14.0. The predicted molar refractivity (Wildman–Crippen MR) is 122 cm³/mol. The number of hydrogen-bond donors (Lipinski definition) is 1. The maximum absolute atomic E-state index is 14.0. The van der Waals surface area contributed by atoms with Gasteiger partial charge in [-0.15, -0.1) is 11.8 Å². The predicted octanol–water partition coefficient (Wildman–Crippen LogP) is 3.88. The van der Waals surface area contributed by atoms with E-state index in [9.17, 15) is 23.2 Å². The van der Waals surface area contributed by atoms with Crippen molar-refractivity contribution in [3.8, 4) is 0 Å². The summed E-state index contributed by atoms with van der Waals surface area (Å²) in [5, 5.41) is 2.75. The van der Waals surface area contributed by atoms with E-state index >= 15 is 0 Å². The number of anilines is 3. The molecule has 3 amide bonds. The Bertz CT molecular complexity index is 1290. The fourth-order valence-corrected chi connectivity index (χ4v) is 5.56. The van der Waals surface area contributed by atoms with Crippen molar-refractivity contribution in [3.05, 3.63) is 90.0 Å². The fourth-order valence-electron chi connectivity index (χ4n) is 4.20. The van der Waals surface area contributed by atoms with Gasteiger partial charge in [0.05, 0.1) is 11.4 Å². The summed E-state index contributed by atoms with van der Waals surface area (Å²) in [5.74, 6) is -3.51. The quantitative estimate of drug-likeness (QED) is 0.635. The van der Waals surface area contributed by atoms with Crippen LogP contribution in [0.2, 0.25) is 0 Å². The number of nitrogens with zero attached hydrogens (tertiary/aromatic N) is 2. The molecule has 0 unspecified atom stereocenters. The molecule has 5 rings (SSSR count). The Balaban J connectivity index is 1.54. The van der Waals surface area contributed by atoms with E-state index in [1.165, 1.54) is 15.9 Å². The molecule has 0 aromatic heterocycles. The summed E-state index contributed by atoms with van der Waals surface area (Å²) >= 11 is 1.10. The highest BCUT2D eigenvalue weighted by atomic mass is 32.2. The molecule has 1 N–H and O–H groups in total. The van der Waals surface area contributed by atoms with Crippen LogP contribution < -0.4 is 15.1 Å². The lowest BCUT2D eigenvalue weighted by molar-refractivity contribution is -0.124. The first kappa shape index (κ1) is 21.1. The molecule has 33 heavy (non-hydrogen) atoms. The molecular weight excluding hydrogens is 448 g/mol. The highest BCUT2D eigenvalue weighted by Gasteiger charge is 2.61. The fraction of sp³-hybridized carbons (Fsp3) is 0.125. The number of fused-ring (bicyclic) bond motifs is 2. The minimum Gasteiger partial charge on any atom is -0.325 e. The highest BCUT2D eigenvalue weighted by Crippen LogP contribution is 2.55. The Morgan fingerprint density at radius 3 is 2.45 bits per heavy atom. The molecule has 2 aliphatic heterocycles. The van der Waals surface area contributed by atoms with Crippen molar-refractivity contribution in [2.24, 2.45) is 0 Å². The van der Waals surface area contributed by atoms with Crippen LogP contribution in [-0.2, 0) is 19.3 Å². The number of nitrogens with one attached hydrogen (secondary N) is 1. The molecule has 2 heterocycles. The van der Waals surface area contributed by atoms with Crippen molar-refractivity contribution in [2.45, 2.75) is 4.87 Å². The first-order valence-corrected chi connectivity index (χ1v) is 11.1. The van der Waals surface area contributed by atoms with Gasteiger partial charge in [-0.3, -0.25) is 24.2 Å². The molecule has 3 aromatic rings. The van der Waals surface area contributed by atoms with Gasteiger partial charge in [-0.2, -0.15) is 0 Å². The molecule has 2 aliphatic rings. The van der Waals surface area contributed by atoms with Crippen molar-refractivity contribution in [1.82, 2.24) is 0 Å². The van der Waals surface area contributed by atoms with Crippen LogP contribution in [0.4, 0.5) is 25.8 Å². The lowest BCUT2D eigenvalue weighted by Crippen LogP contribution is -2.51. The zero-order valence-corrected chi connectivity index (χ0v) is 17.9. The second-order valence-corrected chi connectivity index (χ2v) is 8.75. The molecule has 1 saturated heterocycles. The number of halogens is 2. The summed E-state index contributed by atoms with van der Waals surface area (Å²) in [7, 11) is 0. The lowest BCUT2D eigenvalue weighted by Gasteiger charge is -2.33. The van der Waals surface area contributed by atoms with Crippen LogP contribution in [0.1, 0.15) is 5.56 Å². The Morgan fingerprint density at radius 2 is 1.70 bits per heavy atom. The molecule has 1 atom stereocenters. The standard InChI is InChI=1S/C24H17F2N3O3S/c25-18-11-10-16(12-19(18)26)29-22(31)14-33-24(29)17-8-4-5-9-20(17)28(23(24)32)13-21(30)27-15-6-2-1-3-7-15/h1-12H,13-14H2,(H,27,30)/t24-/m1/s1. The topological polar surface area (TPSA) is 69.7 Å². The van der Waals surface area contributed by atoms with Crippen LogP contribution in [0.3, 0.4) is 0 Å². The van der Waals surface area contributed by atoms with Crippen LogP contribution in [-0.4, -0.2) is 30.0 Å². The van der Waals surface area contributed by atoms with E-state index in [1.54, 1.807) is 48.5 Å². The van der Waals surface area contributed by atoms with Gasteiger partial charge < -0.3 is 5.32 Å². The zero-order valence-electron chi connectivity index (χ0n) is 17.1. The summed E-state index contributed by atoms with van der Waals surface area (Å²) < 4.78 is 27.6. The molecule has 166 valence electrons. The minimum absolute atomic E-state index is 0.0247. The molecule has 1 spiro atoms. The van der Waals surface area contributed by atoms with Crippen molar-refractivity contribution in [1.29, 1.82) is 0 Å². The zero-order chi connectivity index (χ0) is 23.2. The number of carbonyl (C=O) groups excluding carboxylic acids is 3. The number of amides is 3. The summed E-state index contributed by atoms with van der Waals surface area (Å²) in [5.41, 5.74) is 1.66. The van der Waals surface area contributed by atoms with E-state index in [-0.39, 0.29) is 18.0 Å². The number of hydrogen-bond acceptors (Lipinski definition) is 4. The summed E-state index contributed by atoms with van der Waals surface area (Å²) in [6.07, 6.45) is 0. The smallest absolute Gasteiger partial charge is 0.269 e. The third-order valence-electron chi connectivity index (χ3n) is 5.58. The van der Waals surface area contributed by atoms with Gasteiger partial charge in [0, 0.05) is 23.0 Å². The van der Waals surface area contributed by atoms with Crippen molar-refractivity contribution >= 4 is 46.5 Å². The molecule has 0 radical (unpaired) electrons. The molecule has 9 heteroatoms. The average molecular weight is 465 g/mol. The van der Waals surface area contributed by atoms with Crippen LogP contribution in [0.15, 0.2) is 72.8 Å². The summed E-state index contributed by atoms with van der Waals surface area (Å²) in [6.45, 7) is -0.271. The van der Waals surface area contributed by atoms with Crippen LogP contribution >= 0.6 is 11.8 Å². The van der Waals surface area contributed by atoms with Crippen LogP contribution in [0.25, 0.3) is 0 Å². The Labute approximate surface area is 192 Å². The monoisotopic (exact) mass is 465 g/mol. The van der Waals surface area contributed by atoms with Gasteiger partial charge in [-0.05, 0) is 30.3 Å². The number of benzene rings is 3. The molecule has 0 saturated carbocycles. The number of thioether (sulfide) groups is 1. The van der Waals surface area contributed by atoms with E-state index in [1.807, 2.05) is 6.07 Å². The third-order valence-corrected chi connectivity index (χ3v) is 6.97. The van der Waals surface area contributed by atoms with E-state index in [0.717, 1.165) is 23.9 Å². The Hall–Kier alpha value is -3.72. The van der Waals surface area contributed by atoms with Gasteiger partial charge in [-0.25, -0.2) is 8.78 Å². The first-order valence-electron chi connectivity index (χ1n) is 10.1. The van der Waals surface area contributed by atoms with E-state index in [2.05, 4.69) is 5.32 Å². The number of para-hydroxylation sites is 2. The maximum Gasteiger partial charge on any atom is 0.269 e. The van der Waals surface area contributed by atoms with Gasteiger partial charge in [-0.1, -0.05) is 36.4 Å². The minimum atomic E-state index is -1.51. The largest absolute Gasteiger partial charge is 0.325 e. The number of rotatable bonds is 4. The molecular formula is C24H17F2N3O3S. The Kier molecular flexibility index (Phi) is 5.13. The van der Waals surface area contributed by atoms with E-state index in [4.69, 9.17) is 0 Å². The van der Waals surface area contributed by atoms with Gasteiger partial charge >= 0.3 is 0 Å². The SMILES string of the molecule is O=C(CN1C(=O)[C@]2(SCC(=O)N2c2ccc(F)c(F)c2)c2ccccc21)Nc1ccccc1. The molecule has 1 fully saturated rings. The van der Waals surface area contributed by atoms with Gasteiger partial charge in [0.25, 0.3) is 5.91 Å². The summed E-state index contributed by atoms with van der Waals surface area (Å²) in [4.78, 5) is 40.5. The van der Waals surface area contributed by atoms with Crippen molar-refractivity contribution < 1.29 is 23.2 Å². The van der Waals surface area contributed by atoms with E-state index < -0.39 is 34.2 Å². The van der Waals surface area contributed by atoms with Crippen LogP contribution in [0.5, 0.6) is 0 Å². The molecule has 6 nitrogen and oxygen atoms in total. The van der Waals surface area contributed by atoms with Crippen molar-refractivity contribution in [3.63, 3.8) is 0 Å². The Morgan fingerprint density at radius 1 is 0.970 bits per heavy atom. The lowest BCUT2D eigenvalue weighted by atomic mass is 10.0. The van der Waals surface area contributed by atoms with Crippen molar-refractivity contribution in [2.75, 3.05) is 27.4 Å². The molecule has 0 bridgehead atoms. The second-order valence-electron chi connectivity index (χ2n) is 7.58. The number of carbonyl (C=O) groups is 3. The highest BCUT2D eigenvalue weighted by molar-refractivity contribution is 8.02. The normalized spacial score (nSPS) is 19.3. The average Bonchev–Trinajstić information content (AvgIpc) is 3.27. The first-order chi connectivity index (χ1) is 15.9. The molecule has 3 aromatic carbocycles. The second kappa shape index (κ2) is 8.00. The van der Waals surface area contributed by atoms with Gasteiger partial charge in [0.15, 0.2) is 11.6 Å². The van der Waals surface area contributed by atoms with E-state index in [0.29, 0.717) is 16.9 Å². The van der Waals surface area contributed by atoms with Gasteiger partial charge in [0.2, 0.25) is 16.7 Å². The third kappa shape index (κ3) is 3.36. The van der Waals surface area contributed by atoms with Crippen LogP contribution in [0, 0.1) is 11.6 Å².